The number of nitrogens with two attached hydrogens (primary N) is 1. The highest BCUT2D eigenvalue weighted by Gasteiger charge is 2.12. The van der Waals surface area contributed by atoms with Gasteiger partial charge in [0.15, 0.2) is 11.1 Å². The van der Waals surface area contributed by atoms with Crippen LogP contribution in [0.2, 0.25) is 0 Å². The molecule has 0 aliphatic rings. The number of halogens is 1. The van der Waals surface area contributed by atoms with Gasteiger partial charge in [-0.1, -0.05) is 25.6 Å². The van der Waals surface area contributed by atoms with Gasteiger partial charge in [-0.05, 0) is 31.9 Å². The molecule has 1 heterocycles. The van der Waals surface area contributed by atoms with Gasteiger partial charge in [-0.3, -0.25) is 4.99 Å². The summed E-state index contributed by atoms with van der Waals surface area (Å²) in [5, 5.41) is 12.7. The number of aryl methyl sites for hydroxylation is 1. The Morgan fingerprint density at radius 3 is 2.76 bits per heavy atom. The standard InChI is InChI=1S/C16H32N6OS.HI/c1-5-23-11-7-10-19-15(17)18-9-6-8-14-20-21-16(24-4)22(14)12-13(2)3;/h13H,5-12H2,1-4H3,(H3,17,18,19);1H. The highest BCUT2D eigenvalue weighted by Crippen LogP contribution is 2.16. The molecular formula is C16H33IN6OS. The van der Waals surface area contributed by atoms with Gasteiger partial charge in [0, 0.05) is 39.3 Å². The third kappa shape index (κ3) is 10.2. The minimum atomic E-state index is 0. The molecule has 0 fully saturated rings. The largest absolute Gasteiger partial charge is 0.382 e. The minimum Gasteiger partial charge on any atom is -0.382 e. The van der Waals surface area contributed by atoms with Crippen molar-refractivity contribution in [2.75, 3.05) is 32.6 Å². The number of aromatic nitrogens is 3. The molecule has 7 nitrogen and oxygen atoms in total. The Balaban J connectivity index is 0.00000576. The van der Waals surface area contributed by atoms with E-state index in [1.807, 2.05) is 13.2 Å². The number of rotatable bonds is 12. The molecule has 0 bridgehead atoms. The van der Waals surface area contributed by atoms with Gasteiger partial charge in [0.05, 0.1) is 0 Å². The summed E-state index contributed by atoms with van der Waals surface area (Å²) in [5.41, 5.74) is 5.85. The summed E-state index contributed by atoms with van der Waals surface area (Å²) in [6.45, 7) is 10.3. The fraction of sp³-hybridized carbons (Fsp3) is 0.812. The number of aliphatic imine (C=N–C) groups is 1. The molecule has 25 heavy (non-hydrogen) atoms. The molecule has 0 atom stereocenters. The third-order valence-electron chi connectivity index (χ3n) is 3.34. The number of nitrogens with zero attached hydrogens (tertiary/aromatic N) is 4. The SMILES string of the molecule is CCOCCCNC(N)=NCCCc1nnc(SC)n1CC(C)C.I. The van der Waals surface area contributed by atoms with E-state index >= 15 is 0 Å². The Labute approximate surface area is 173 Å². The van der Waals surface area contributed by atoms with Crippen molar-refractivity contribution in [3.05, 3.63) is 5.82 Å². The van der Waals surface area contributed by atoms with Crippen LogP contribution in [-0.2, 0) is 17.7 Å². The molecule has 0 spiro atoms. The highest BCUT2D eigenvalue weighted by atomic mass is 127. The Hall–Kier alpha value is -0.550. The Kier molecular flexibility index (Phi) is 14.3. The van der Waals surface area contributed by atoms with E-state index in [4.69, 9.17) is 10.5 Å². The molecule has 0 saturated heterocycles. The first kappa shape index (κ1) is 24.5. The van der Waals surface area contributed by atoms with Gasteiger partial charge >= 0.3 is 0 Å². The van der Waals surface area contributed by atoms with E-state index in [9.17, 15) is 0 Å². The minimum absolute atomic E-state index is 0. The molecule has 0 radical (unpaired) electrons. The summed E-state index contributed by atoms with van der Waals surface area (Å²) in [4.78, 5) is 4.35. The van der Waals surface area contributed by atoms with Crippen molar-refractivity contribution in [2.24, 2.45) is 16.6 Å². The first-order valence-electron chi connectivity index (χ1n) is 8.66. The van der Waals surface area contributed by atoms with E-state index in [1.165, 1.54) is 0 Å². The lowest BCUT2D eigenvalue weighted by atomic mass is 10.2. The number of ether oxygens (including phenoxy) is 1. The number of hydrogen-bond donors (Lipinski definition) is 2. The predicted molar refractivity (Wildman–Crippen MR) is 116 cm³/mol. The Morgan fingerprint density at radius 1 is 1.36 bits per heavy atom. The Bertz CT molecular complexity index is 495. The zero-order chi connectivity index (χ0) is 17.8. The molecule has 146 valence electrons. The summed E-state index contributed by atoms with van der Waals surface area (Å²) >= 11 is 1.64. The molecule has 9 heteroatoms. The van der Waals surface area contributed by atoms with Gasteiger partial charge in [-0.15, -0.1) is 34.2 Å². The van der Waals surface area contributed by atoms with Gasteiger partial charge in [0.25, 0.3) is 0 Å². The van der Waals surface area contributed by atoms with Crippen LogP contribution in [0, 0.1) is 5.92 Å². The van der Waals surface area contributed by atoms with Crippen molar-refractivity contribution in [2.45, 2.75) is 51.7 Å². The molecule has 0 unspecified atom stereocenters. The van der Waals surface area contributed by atoms with Crippen molar-refractivity contribution < 1.29 is 4.74 Å². The summed E-state index contributed by atoms with van der Waals surface area (Å²) in [5.74, 6) is 2.10. The average Bonchev–Trinajstić information content (AvgIpc) is 2.92. The molecular weight excluding hydrogens is 451 g/mol. The van der Waals surface area contributed by atoms with E-state index in [0.717, 1.165) is 56.5 Å². The zero-order valence-corrected chi connectivity index (χ0v) is 19.0. The van der Waals surface area contributed by atoms with Gasteiger partial charge in [-0.25, -0.2) is 0 Å². The molecule has 0 amide bonds. The average molecular weight is 484 g/mol. The number of nitrogens with one attached hydrogen (secondary N) is 1. The quantitative estimate of drug-likeness (QED) is 0.156. The maximum atomic E-state index is 5.85. The third-order valence-corrected chi connectivity index (χ3v) is 4.01. The van der Waals surface area contributed by atoms with Crippen molar-refractivity contribution in [3.63, 3.8) is 0 Å². The molecule has 0 saturated carbocycles. The lowest BCUT2D eigenvalue weighted by Gasteiger charge is -2.11. The second-order valence-electron chi connectivity index (χ2n) is 5.96. The monoisotopic (exact) mass is 484 g/mol. The number of guanidine groups is 1. The molecule has 0 aliphatic heterocycles. The second-order valence-corrected chi connectivity index (χ2v) is 6.73. The van der Waals surface area contributed by atoms with Crippen molar-refractivity contribution in [1.82, 2.24) is 20.1 Å². The number of thioether (sulfide) groups is 1. The maximum Gasteiger partial charge on any atom is 0.190 e. The van der Waals surface area contributed by atoms with E-state index in [0.29, 0.717) is 18.4 Å². The zero-order valence-electron chi connectivity index (χ0n) is 15.8. The van der Waals surface area contributed by atoms with E-state index in [2.05, 4.69) is 38.9 Å². The van der Waals surface area contributed by atoms with Gasteiger partial charge < -0.3 is 20.4 Å². The van der Waals surface area contributed by atoms with Crippen molar-refractivity contribution >= 4 is 41.7 Å². The highest BCUT2D eigenvalue weighted by molar-refractivity contribution is 14.0. The van der Waals surface area contributed by atoms with Crippen LogP contribution in [0.5, 0.6) is 0 Å². The van der Waals surface area contributed by atoms with Gasteiger partial charge in [0.1, 0.15) is 5.82 Å². The predicted octanol–water partition coefficient (Wildman–Crippen LogP) is 2.54. The van der Waals surface area contributed by atoms with E-state index < -0.39 is 0 Å². The Morgan fingerprint density at radius 2 is 2.12 bits per heavy atom. The fourth-order valence-corrected chi connectivity index (χ4v) is 2.75. The second kappa shape index (κ2) is 14.6. The molecule has 1 rings (SSSR count). The first-order chi connectivity index (χ1) is 11.6. The van der Waals surface area contributed by atoms with Gasteiger partial charge in [-0.2, -0.15) is 0 Å². The molecule has 1 aromatic rings. The lowest BCUT2D eigenvalue weighted by Crippen LogP contribution is -2.33. The molecule has 1 aromatic heterocycles. The number of hydrogen-bond acceptors (Lipinski definition) is 5. The van der Waals surface area contributed by atoms with Crippen molar-refractivity contribution in [1.29, 1.82) is 0 Å². The lowest BCUT2D eigenvalue weighted by molar-refractivity contribution is 0.145. The fourth-order valence-electron chi connectivity index (χ4n) is 2.23. The summed E-state index contributed by atoms with van der Waals surface area (Å²) in [6, 6.07) is 0. The topological polar surface area (TPSA) is 90.3 Å². The van der Waals surface area contributed by atoms with E-state index in [1.54, 1.807) is 11.8 Å². The van der Waals surface area contributed by atoms with Crippen LogP contribution in [-0.4, -0.2) is 53.3 Å². The van der Waals surface area contributed by atoms with E-state index in [-0.39, 0.29) is 24.0 Å². The van der Waals surface area contributed by atoms with Crippen LogP contribution >= 0.6 is 35.7 Å². The van der Waals surface area contributed by atoms with Crippen LogP contribution in [0.25, 0.3) is 0 Å². The van der Waals surface area contributed by atoms with Crippen LogP contribution in [0.3, 0.4) is 0 Å². The van der Waals surface area contributed by atoms with Crippen LogP contribution in [0.4, 0.5) is 0 Å². The van der Waals surface area contributed by atoms with Crippen LogP contribution in [0.15, 0.2) is 10.1 Å². The summed E-state index contributed by atoms with van der Waals surface area (Å²) < 4.78 is 7.49. The van der Waals surface area contributed by atoms with Crippen LogP contribution in [0.1, 0.15) is 39.4 Å². The normalized spacial score (nSPS) is 11.6. The maximum absolute atomic E-state index is 5.85. The van der Waals surface area contributed by atoms with Crippen molar-refractivity contribution in [3.8, 4) is 0 Å². The summed E-state index contributed by atoms with van der Waals surface area (Å²) in [7, 11) is 0. The molecule has 3 N–H and O–H groups in total. The van der Waals surface area contributed by atoms with Gasteiger partial charge in [0.2, 0.25) is 0 Å². The smallest absolute Gasteiger partial charge is 0.190 e. The molecule has 0 aromatic carbocycles. The molecule has 0 aliphatic carbocycles. The van der Waals surface area contributed by atoms with Crippen LogP contribution < -0.4 is 11.1 Å². The first-order valence-corrected chi connectivity index (χ1v) is 9.88. The summed E-state index contributed by atoms with van der Waals surface area (Å²) in [6.07, 6.45) is 4.74.